The summed E-state index contributed by atoms with van der Waals surface area (Å²) in [4.78, 5) is 10.5. The van der Waals surface area contributed by atoms with Crippen molar-refractivity contribution in [1.29, 1.82) is 0 Å². The number of rotatable bonds is 6. The Morgan fingerprint density at radius 2 is 1.95 bits per heavy atom. The molecule has 6 heteroatoms. The maximum absolute atomic E-state index is 10.9. The van der Waals surface area contributed by atoms with Gasteiger partial charge in [-0.1, -0.05) is 6.07 Å². The Hall–Kier alpha value is -2.60. The minimum atomic E-state index is -0.385. The van der Waals surface area contributed by atoms with Crippen LogP contribution >= 0.6 is 0 Å². The third-order valence-electron chi connectivity index (χ3n) is 3.02. The van der Waals surface area contributed by atoms with Gasteiger partial charge in [-0.25, -0.2) is 0 Å². The van der Waals surface area contributed by atoms with Crippen LogP contribution in [-0.4, -0.2) is 18.1 Å². The molecule has 0 heterocycles. The van der Waals surface area contributed by atoms with Gasteiger partial charge in [0.2, 0.25) is 0 Å². The van der Waals surface area contributed by atoms with Gasteiger partial charge >= 0.3 is 0 Å². The number of benzene rings is 2. The summed E-state index contributed by atoms with van der Waals surface area (Å²) < 4.78 is 5.39. The maximum atomic E-state index is 10.9. The zero-order valence-corrected chi connectivity index (χ0v) is 11.7. The van der Waals surface area contributed by atoms with Crippen LogP contribution in [0.5, 0.6) is 5.75 Å². The van der Waals surface area contributed by atoms with Gasteiger partial charge in [-0.05, 0) is 37.3 Å². The van der Waals surface area contributed by atoms with Crippen LogP contribution in [0, 0.1) is 17.0 Å². The number of hydrogen-bond acceptors (Lipinski definition) is 5. The minimum Gasteiger partial charge on any atom is -0.492 e. The van der Waals surface area contributed by atoms with Gasteiger partial charge in [-0.3, -0.25) is 10.1 Å². The minimum absolute atomic E-state index is 0.0999. The third-order valence-corrected chi connectivity index (χ3v) is 3.02. The Morgan fingerprint density at radius 3 is 2.57 bits per heavy atom. The molecule has 2 aromatic rings. The smallest absolute Gasteiger partial charge is 0.274 e. The Balaban J connectivity index is 2.15. The fourth-order valence-electron chi connectivity index (χ4n) is 1.92. The normalized spacial score (nSPS) is 10.2. The molecule has 21 heavy (non-hydrogen) atoms. The van der Waals surface area contributed by atoms with E-state index in [1.807, 2.05) is 24.3 Å². The van der Waals surface area contributed by atoms with Gasteiger partial charge in [-0.15, -0.1) is 0 Å². The Kier molecular flexibility index (Phi) is 4.73. The molecule has 2 aromatic carbocycles. The molecule has 0 radical (unpaired) electrons. The molecule has 0 spiro atoms. The highest BCUT2D eigenvalue weighted by molar-refractivity contribution is 5.67. The summed E-state index contributed by atoms with van der Waals surface area (Å²) >= 11 is 0. The van der Waals surface area contributed by atoms with Crippen molar-refractivity contribution in [2.75, 3.05) is 18.5 Å². The first-order chi connectivity index (χ1) is 10.1. The molecule has 0 aliphatic rings. The summed E-state index contributed by atoms with van der Waals surface area (Å²) in [6.07, 6.45) is 0. The lowest BCUT2D eigenvalue weighted by molar-refractivity contribution is -0.385. The molecule has 0 aliphatic heterocycles. The van der Waals surface area contributed by atoms with Gasteiger partial charge in [-0.2, -0.15) is 0 Å². The van der Waals surface area contributed by atoms with Crippen LogP contribution in [0.2, 0.25) is 0 Å². The van der Waals surface area contributed by atoms with Gasteiger partial charge in [0.05, 0.1) is 10.5 Å². The summed E-state index contributed by atoms with van der Waals surface area (Å²) in [6, 6.07) is 12.3. The van der Waals surface area contributed by atoms with E-state index in [1.54, 1.807) is 19.1 Å². The molecule has 0 amide bonds. The molecule has 0 bridgehead atoms. The van der Waals surface area contributed by atoms with E-state index in [0.29, 0.717) is 24.4 Å². The summed E-state index contributed by atoms with van der Waals surface area (Å²) in [6.45, 7) is 2.66. The summed E-state index contributed by atoms with van der Waals surface area (Å²) in [5.41, 5.74) is 7.61. The van der Waals surface area contributed by atoms with E-state index in [9.17, 15) is 10.1 Å². The highest BCUT2D eigenvalue weighted by Crippen LogP contribution is 2.28. The predicted octanol–water partition coefficient (Wildman–Crippen LogP) is 2.98. The van der Waals surface area contributed by atoms with E-state index < -0.39 is 0 Å². The van der Waals surface area contributed by atoms with Crippen molar-refractivity contribution in [3.63, 3.8) is 0 Å². The molecule has 0 fully saturated rings. The van der Waals surface area contributed by atoms with Gasteiger partial charge < -0.3 is 15.8 Å². The fraction of sp³-hybridized carbons (Fsp3) is 0.200. The number of nitrogens with one attached hydrogen (secondary N) is 1. The second-order valence-corrected chi connectivity index (χ2v) is 4.49. The molecule has 0 unspecified atom stereocenters. The van der Waals surface area contributed by atoms with Crippen LogP contribution < -0.4 is 15.8 Å². The van der Waals surface area contributed by atoms with Crippen molar-refractivity contribution in [2.24, 2.45) is 5.73 Å². The van der Waals surface area contributed by atoms with Gasteiger partial charge in [0, 0.05) is 24.0 Å². The van der Waals surface area contributed by atoms with Crippen LogP contribution in [0.4, 0.5) is 17.1 Å². The quantitative estimate of drug-likeness (QED) is 0.629. The first-order valence-corrected chi connectivity index (χ1v) is 6.56. The SMILES string of the molecule is Cc1c(Nc2ccc(OCCN)cc2)cccc1[N+](=O)[O-]. The van der Waals surface area contributed by atoms with Gasteiger partial charge in [0.1, 0.15) is 12.4 Å². The number of nitrogens with two attached hydrogens (primary N) is 1. The topological polar surface area (TPSA) is 90.4 Å². The maximum Gasteiger partial charge on any atom is 0.274 e. The fourth-order valence-corrected chi connectivity index (χ4v) is 1.92. The molecule has 3 N–H and O–H groups in total. The molecular formula is C15H17N3O3. The lowest BCUT2D eigenvalue weighted by atomic mass is 10.1. The first kappa shape index (κ1) is 14.8. The zero-order chi connectivity index (χ0) is 15.2. The highest BCUT2D eigenvalue weighted by atomic mass is 16.6. The summed E-state index contributed by atoms with van der Waals surface area (Å²) in [5.74, 6) is 0.738. The number of ether oxygens (including phenoxy) is 1. The van der Waals surface area contributed by atoms with Crippen molar-refractivity contribution < 1.29 is 9.66 Å². The van der Waals surface area contributed by atoms with Crippen LogP contribution in [0.25, 0.3) is 0 Å². The lowest BCUT2D eigenvalue weighted by Crippen LogP contribution is -2.10. The second kappa shape index (κ2) is 6.71. The number of anilines is 2. The number of nitro groups is 1. The van der Waals surface area contributed by atoms with Gasteiger partial charge in [0.15, 0.2) is 0 Å². The van der Waals surface area contributed by atoms with E-state index in [0.717, 1.165) is 11.4 Å². The number of hydrogen-bond donors (Lipinski definition) is 2. The van der Waals surface area contributed by atoms with E-state index in [1.165, 1.54) is 6.07 Å². The van der Waals surface area contributed by atoms with E-state index in [4.69, 9.17) is 10.5 Å². The molecule has 6 nitrogen and oxygen atoms in total. The van der Waals surface area contributed by atoms with Crippen molar-refractivity contribution in [3.8, 4) is 5.75 Å². The molecule has 2 rings (SSSR count). The van der Waals surface area contributed by atoms with Crippen molar-refractivity contribution >= 4 is 17.1 Å². The van der Waals surface area contributed by atoms with E-state index in [2.05, 4.69) is 5.32 Å². The number of nitro benzene ring substituents is 1. The Bertz CT molecular complexity index is 627. The van der Waals surface area contributed by atoms with Crippen molar-refractivity contribution in [2.45, 2.75) is 6.92 Å². The molecule has 110 valence electrons. The van der Waals surface area contributed by atoms with Crippen molar-refractivity contribution in [3.05, 3.63) is 58.1 Å². The second-order valence-electron chi connectivity index (χ2n) is 4.49. The Labute approximate surface area is 122 Å². The molecule has 0 aliphatic carbocycles. The first-order valence-electron chi connectivity index (χ1n) is 6.56. The molecule has 0 saturated carbocycles. The van der Waals surface area contributed by atoms with Crippen molar-refractivity contribution in [1.82, 2.24) is 0 Å². The zero-order valence-electron chi connectivity index (χ0n) is 11.7. The lowest BCUT2D eigenvalue weighted by Gasteiger charge is -2.10. The average molecular weight is 287 g/mol. The van der Waals surface area contributed by atoms with Gasteiger partial charge in [0.25, 0.3) is 5.69 Å². The standard InChI is InChI=1S/C15H17N3O3/c1-11-14(3-2-4-15(11)18(19)20)17-12-5-7-13(8-6-12)21-10-9-16/h2-8,17H,9-10,16H2,1H3. The molecule has 0 atom stereocenters. The van der Waals surface area contributed by atoms with Crippen LogP contribution in [0.15, 0.2) is 42.5 Å². The molecule has 0 saturated heterocycles. The highest BCUT2D eigenvalue weighted by Gasteiger charge is 2.13. The monoisotopic (exact) mass is 287 g/mol. The van der Waals surface area contributed by atoms with E-state index >= 15 is 0 Å². The average Bonchev–Trinajstić information content (AvgIpc) is 2.48. The molecule has 0 aromatic heterocycles. The Morgan fingerprint density at radius 1 is 1.24 bits per heavy atom. The summed E-state index contributed by atoms with van der Waals surface area (Å²) in [7, 11) is 0. The third kappa shape index (κ3) is 3.70. The molecular weight excluding hydrogens is 270 g/mol. The van der Waals surface area contributed by atoms with Crippen LogP contribution in [-0.2, 0) is 0 Å². The van der Waals surface area contributed by atoms with Crippen LogP contribution in [0.1, 0.15) is 5.56 Å². The largest absolute Gasteiger partial charge is 0.492 e. The predicted molar refractivity (Wildman–Crippen MR) is 82.1 cm³/mol. The summed E-state index contributed by atoms with van der Waals surface area (Å²) in [5, 5.41) is 14.1. The van der Waals surface area contributed by atoms with E-state index in [-0.39, 0.29) is 10.6 Å². The number of nitrogens with zero attached hydrogens (tertiary/aromatic N) is 1. The van der Waals surface area contributed by atoms with Crippen LogP contribution in [0.3, 0.4) is 0 Å².